The SMILES string of the molecule is CC(Sc1ncc(C#N)c(N)n1)C(=O)Nc1ccc(Br)cc1. The summed E-state index contributed by atoms with van der Waals surface area (Å²) in [5.41, 5.74) is 6.56. The van der Waals surface area contributed by atoms with E-state index in [0.29, 0.717) is 10.8 Å². The highest BCUT2D eigenvalue weighted by Gasteiger charge is 2.17. The van der Waals surface area contributed by atoms with Crippen LogP contribution in [0.15, 0.2) is 40.1 Å². The van der Waals surface area contributed by atoms with E-state index in [4.69, 9.17) is 11.0 Å². The third kappa shape index (κ3) is 4.19. The first-order valence-electron chi connectivity index (χ1n) is 6.25. The molecule has 6 nitrogen and oxygen atoms in total. The number of nitrogens with one attached hydrogen (secondary N) is 1. The van der Waals surface area contributed by atoms with Crippen LogP contribution in [0.5, 0.6) is 0 Å². The number of amides is 1. The van der Waals surface area contributed by atoms with Crippen molar-refractivity contribution in [2.75, 3.05) is 11.1 Å². The van der Waals surface area contributed by atoms with Crippen molar-refractivity contribution in [2.24, 2.45) is 0 Å². The number of carbonyl (C=O) groups is 1. The van der Waals surface area contributed by atoms with Gasteiger partial charge >= 0.3 is 0 Å². The Labute approximate surface area is 140 Å². The molecule has 2 rings (SSSR count). The van der Waals surface area contributed by atoms with Gasteiger partial charge < -0.3 is 11.1 Å². The molecule has 0 aliphatic heterocycles. The molecule has 1 heterocycles. The third-order valence-corrected chi connectivity index (χ3v) is 4.18. The van der Waals surface area contributed by atoms with Gasteiger partial charge in [-0.3, -0.25) is 4.79 Å². The Balaban J connectivity index is 2.00. The minimum atomic E-state index is -0.406. The molecule has 1 aromatic carbocycles. The van der Waals surface area contributed by atoms with Gasteiger partial charge in [-0.25, -0.2) is 9.97 Å². The van der Waals surface area contributed by atoms with Gasteiger partial charge in [-0.15, -0.1) is 0 Å². The van der Waals surface area contributed by atoms with Crippen LogP contribution in [0.1, 0.15) is 12.5 Å². The maximum atomic E-state index is 12.1. The topological polar surface area (TPSA) is 105 Å². The fraction of sp³-hybridized carbons (Fsp3) is 0.143. The minimum Gasteiger partial charge on any atom is -0.382 e. The number of nitrogens with two attached hydrogens (primary N) is 1. The van der Waals surface area contributed by atoms with Gasteiger partial charge in [-0.05, 0) is 31.2 Å². The molecule has 22 heavy (non-hydrogen) atoms. The van der Waals surface area contributed by atoms with Crippen LogP contribution in [0, 0.1) is 11.3 Å². The predicted molar refractivity (Wildman–Crippen MR) is 89.3 cm³/mol. The molecule has 0 saturated heterocycles. The molecule has 0 radical (unpaired) electrons. The lowest BCUT2D eigenvalue weighted by molar-refractivity contribution is -0.115. The number of nitriles is 1. The van der Waals surface area contributed by atoms with Gasteiger partial charge in [0.25, 0.3) is 0 Å². The van der Waals surface area contributed by atoms with Crippen molar-refractivity contribution in [1.29, 1.82) is 5.26 Å². The second-order valence-electron chi connectivity index (χ2n) is 4.32. The Kier molecular flexibility index (Phi) is 5.35. The van der Waals surface area contributed by atoms with Crippen molar-refractivity contribution in [3.05, 3.63) is 40.5 Å². The van der Waals surface area contributed by atoms with Gasteiger partial charge in [-0.2, -0.15) is 5.26 Å². The van der Waals surface area contributed by atoms with Crippen LogP contribution >= 0.6 is 27.7 Å². The molecule has 0 bridgehead atoms. The zero-order chi connectivity index (χ0) is 16.1. The van der Waals surface area contributed by atoms with Gasteiger partial charge in [0, 0.05) is 10.2 Å². The summed E-state index contributed by atoms with van der Waals surface area (Å²) < 4.78 is 0.939. The summed E-state index contributed by atoms with van der Waals surface area (Å²) in [7, 11) is 0. The molecule has 112 valence electrons. The van der Waals surface area contributed by atoms with E-state index in [-0.39, 0.29) is 17.3 Å². The first-order chi connectivity index (χ1) is 10.5. The van der Waals surface area contributed by atoms with Crippen LogP contribution in [0.4, 0.5) is 11.5 Å². The van der Waals surface area contributed by atoms with E-state index in [1.807, 2.05) is 18.2 Å². The highest BCUT2D eigenvalue weighted by Crippen LogP contribution is 2.22. The monoisotopic (exact) mass is 377 g/mol. The summed E-state index contributed by atoms with van der Waals surface area (Å²) >= 11 is 4.51. The van der Waals surface area contributed by atoms with Gasteiger partial charge in [0.2, 0.25) is 5.91 Å². The fourth-order valence-corrected chi connectivity index (χ4v) is 2.52. The molecule has 1 atom stereocenters. The van der Waals surface area contributed by atoms with Gasteiger partial charge in [0.05, 0.1) is 11.4 Å². The van der Waals surface area contributed by atoms with Crippen molar-refractivity contribution < 1.29 is 4.79 Å². The molecule has 2 aromatic rings. The van der Waals surface area contributed by atoms with E-state index in [2.05, 4.69) is 31.2 Å². The Hall–Kier alpha value is -2.11. The number of rotatable bonds is 4. The van der Waals surface area contributed by atoms with Crippen molar-refractivity contribution in [3.8, 4) is 6.07 Å². The zero-order valence-electron chi connectivity index (χ0n) is 11.6. The third-order valence-electron chi connectivity index (χ3n) is 2.68. The maximum Gasteiger partial charge on any atom is 0.237 e. The number of nitrogen functional groups attached to an aromatic ring is 1. The number of anilines is 2. The number of thioether (sulfide) groups is 1. The molecule has 8 heteroatoms. The van der Waals surface area contributed by atoms with E-state index < -0.39 is 5.25 Å². The highest BCUT2D eigenvalue weighted by atomic mass is 79.9. The van der Waals surface area contributed by atoms with E-state index in [9.17, 15) is 4.79 Å². The molecule has 1 aromatic heterocycles. The normalized spacial score (nSPS) is 11.5. The molecular weight excluding hydrogens is 366 g/mol. The van der Waals surface area contributed by atoms with Crippen molar-refractivity contribution in [2.45, 2.75) is 17.3 Å². The van der Waals surface area contributed by atoms with Gasteiger partial charge in [0.15, 0.2) is 5.16 Å². The Morgan fingerprint density at radius 1 is 1.45 bits per heavy atom. The average molecular weight is 378 g/mol. The first kappa shape index (κ1) is 16.3. The lowest BCUT2D eigenvalue weighted by atomic mass is 10.3. The van der Waals surface area contributed by atoms with Crippen molar-refractivity contribution in [3.63, 3.8) is 0 Å². The number of halogens is 1. The van der Waals surface area contributed by atoms with E-state index >= 15 is 0 Å². The number of hydrogen-bond acceptors (Lipinski definition) is 6. The second kappa shape index (κ2) is 7.24. The summed E-state index contributed by atoms with van der Waals surface area (Å²) in [5, 5.41) is 11.5. The summed E-state index contributed by atoms with van der Waals surface area (Å²) in [5.74, 6) is -0.0561. The largest absolute Gasteiger partial charge is 0.382 e. The summed E-state index contributed by atoms with van der Waals surface area (Å²) in [6.07, 6.45) is 1.35. The van der Waals surface area contributed by atoms with E-state index in [1.54, 1.807) is 19.1 Å². The lowest BCUT2D eigenvalue weighted by Crippen LogP contribution is -2.22. The van der Waals surface area contributed by atoms with Crippen molar-refractivity contribution in [1.82, 2.24) is 9.97 Å². The fourth-order valence-electron chi connectivity index (χ4n) is 1.51. The van der Waals surface area contributed by atoms with Crippen molar-refractivity contribution >= 4 is 45.1 Å². The van der Waals surface area contributed by atoms with Crippen LogP contribution in [0.2, 0.25) is 0 Å². The molecular formula is C14H12BrN5OS. The Bertz CT molecular complexity index is 729. The molecule has 3 N–H and O–H groups in total. The first-order valence-corrected chi connectivity index (χ1v) is 7.92. The maximum absolute atomic E-state index is 12.1. The quantitative estimate of drug-likeness (QED) is 0.626. The number of carbonyl (C=O) groups excluding carboxylic acids is 1. The molecule has 0 aliphatic carbocycles. The van der Waals surface area contributed by atoms with Crippen LogP contribution in [0.25, 0.3) is 0 Å². The predicted octanol–water partition coefficient (Wildman–Crippen LogP) is 2.81. The Morgan fingerprint density at radius 2 is 2.14 bits per heavy atom. The number of aromatic nitrogens is 2. The second-order valence-corrected chi connectivity index (χ2v) is 6.54. The van der Waals surface area contributed by atoms with Gasteiger partial charge in [-0.1, -0.05) is 27.7 Å². The smallest absolute Gasteiger partial charge is 0.237 e. The zero-order valence-corrected chi connectivity index (χ0v) is 14.0. The lowest BCUT2D eigenvalue weighted by Gasteiger charge is -2.11. The molecule has 1 unspecified atom stereocenters. The van der Waals surface area contributed by atoms with Gasteiger partial charge in [0.1, 0.15) is 17.5 Å². The van der Waals surface area contributed by atoms with E-state index in [0.717, 1.165) is 4.47 Å². The molecule has 0 fully saturated rings. The number of hydrogen-bond donors (Lipinski definition) is 2. The van der Waals surface area contributed by atoms with Crippen LogP contribution < -0.4 is 11.1 Å². The molecule has 0 aliphatic rings. The molecule has 0 saturated carbocycles. The highest BCUT2D eigenvalue weighted by molar-refractivity contribution is 9.10. The summed E-state index contributed by atoms with van der Waals surface area (Å²) in [6.45, 7) is 1.75. The molecule has 0 spiro atoms. The standard InChI is InChI=1S/C14H12BrN5OS/c1-8(13(21)19-11-4-2-10(15)3-5-11)22-14-18-7-9(6-16)12(17)20-14/h2-5,7-8H,1H3,(H,19,21)(H2,17,18,20). The number of nitrogens with zero attached hydrogens (tertiary/aromatic N) is 3. The average Bonchev–Trinajstić information content (AvgIpc) is 2.49. The summed E-state index contributed by atoms with van der Waals surface area (Å²) in [4.78, 5) is 20.1. The molecule has 1 amide bonds. The minimum absolute atomic E-state index is 0.112. The summed E-state index contributed by atoms with van der Waals surface area (Å²) in [6, 6.07) is 9.19. The van der Waals surface area contributed by atoms with Crippen LogP contribution in [-0.2, 0) is 4.79 Å². The van der Waals surface area contributed by atoms with E-state index in [1.165, 1.54) is 18.0 Å². The van der Waals surface area contributed by atoms with Crippen LogP contribution in [-0.4, -0.2) is 21.1 Å². The van der Waals surface area contributed by atoms with Crippen LogP contribution in [0.3, 0.4) is 0 Å². The Morgan fingerprint density at radius 3 is 2.73 bits per heavy atom. The number of benzene rings is 1.